The first-order valence-corrected chi connectivity index (χ1v) is 6.76. The Kier molecular flexibility index (Phi) is 4.53. The molecule has 3 heteroatoms. The van der Waals surface area contributed by atoms with E-state index >= 15 is 0 Å². The van der Waals surface area contributed by atoms with Gasteiger partial charge in [-0.25, -0.2) is 0 Å². The number of thiocarbonyl (C=S) groups is 1. The van der Waals surface area contributed by atoms with Crippen LogP contribution in [0.3, 0.4) is 0 Å². The fourth-order valence-electron chi connectivity index (χ4n) is 1.89. The summed E-state index contributed by atoms with van der Waals surface area (Å²) in [6.07, 6.45) is 0. The summed E-state index contributed by atoms with van der Waals surface area (Å²) in [4.78, 5) is 0. The number of benzene rings is 2. The molecule has 0 aromatic heterocycles. The Morgan fingerprint density at radius 1 is 1.00 bits per heavy atom. The van der Waals surface area contributed by atoms with Gasteiger partial charge in [0.1, 0.15) is 0 Å². The van der Waals surface area contributed by atoms with Crippen LogP contribution in [0.15, 0.2) is 54.6 Å². The number of aryl methyl sites for hydroxylation is 1. The van der Waals surface area contributed by atoms with Crippen LogP contribution >= 0.6 is 12.2 Å². The average molecular weight is 270 g/mol. The van der Waals surface area contributed by atoms with Gasteiger partial charge < -0.3 is 10.6 Å². The first-order valence-electron chi connectivity index (χ1n) is 6.35. The average Bonchev–Trinajstić information content (AvgIpc) is 2.42. The molecule has 2 N–H and O–H groups in total. The van der Waals surface area contributed by atoms with Gasteiger partial charge in [0.15, 0.2) is 5.11 Å². The van der Waals surface area contributed by atoms with Crippen molar-refractivity contribution in [2.45, 2.75) is 19.9 Å². The number of nitrogens with one attached hydrogen (secondary N) is 2. The SMILES string of the molecule is Cc1ccccc1NC(=S)N[C@H](C)c1ccccc1. The fraction of sp³-hybridized carbons (Fsp3) is 0.188. The topological polar surface area (TPSA) is 24.1 Å². The van der Waals surface area contributed by atoms with E-state index in [1.165, 1.54) is 11.1 Å². The highest BCUT2D eigenvalue weighted by Crippen LogP contribution is 2.15. The molecule has 0 aliphatic carbocycles. The predicted octanol–water partition coefficient (Wildman–Crippen LogP) is 4.04. The first-order chi connectivity index (χ1) is 9.16. The molecular weight excluding hydrogens is 252 g/mol. The van der Waals surface area contributed by atoms with Gasteiger partial charge in [0.25, 0.3) is 0 Å². The summed E-state index contributed by atoms with van der Waals surface area (Å²) in [5, 5.41) is 7.17. The van der Waals surface area contributed by atoms with Crippen LogP contribution in [0, 0.1) is 6.92 Å². The van der Waals surface area contributed by atoms with Crippen LogP contribution in [0.1, 0.15) is 24.1 Å². The summed E-state index contributed by atoms with van der Waals surface area (Å²) in [5.74, 6) is 0. The summed E-state index contributed by atoms with van der Waals surface area (Å²) in [6.45, 7) is 4.16. The first kappa shape index (κ1) is 13.6. The van der Waals surface area contributed by atoms with Gasteiger partial charge >= 0.3 is 0 Å². The van der Waals surface area contributed by atoms with Crippen LogP contribution in [-0.2, 0) is 0 Å². The van der Waals surface area contributed by atoms with E-state index in [9.17, 15) is 0 Å². The van der Waals surface area contributed by atoms with Crippen molar-refractivity contribution in [3.63, 3.8) is 0 Å². The Balaban J connectivity index is 1.97. The largest absolute Gasteiger partial charge is 0.356 e. The van der Waals surface area contributed by atoms with Crippen molar-refractivity contribution in [2.24, 2.45) is 0 Å². The molecule has 0 aliphatic rings. The zero-order valence-corrected chi connectivity index (χ0v) is 12.0. The minimum absolute atomic E-state index is 0.185. The van der Waals surface area contributed by atoms with Crippen molar-refractivity contribution in [2.75, 3.05) is 5.32 Å². The standard InChI is InChI=1S/C16H18N2S/c1-12-8-6-7-11-15(12)18-16(19)17-13(2)14-9-4-3-5-10-14/h3-11,13H,1-2H3,(H2,17,18,19)/t13-/m1/s1. The molecule has 98 valence electrons. The van der Waals surface area contributed by atoms with Gasteiger partial charge in [0.05, 0.1) is 6.04 Å². The maximum atomic E-state index is 5.35. The second-order valence-corrected chi connectivity index (χ2v) is 4.95. The van der Waals surface area contributed by atoms with Gasteiger partial charge in [-0.3, -0.25) is 0 Å². The molecule has 0 heterocycles. The lowest BCUT2D eigenvalue weighted by Crippen LogP contribution is -2.31. The molecule has 0 aliphatic heterocycles. The number of hydrogen-bond donors (Lipinski definition) is 2. The second kappa shape index (κ2) is 6.34. The minimum Gasteiger partial charge on any atom is -0.356 e. The summed E-state index contributed by atoms with van der Waals surface area (Å²) in [5.41, 5.74) is 3.44. The molecule has 2 nitrogen and oxygen atoms in total. The summed E-state index contributed by atoms with van der Waals surface area (Å²) in [7, 11) is 0. The molecule has 2 aromatic carbocycles. The van der Waals surface area contributed by atoms with E-state index in [1.807, 2.05) is 36.4 Å². The lowest BCUT2D eigenvalue weighted by atomic mass is 10.1. The molecular formula is C16H18N2S. The van der Waals surface area contributed by atoms with E-state index in [0.29, 0.717) is 5.11 Å². The highest BCUT2D eigenvalue weighted by molar-refractivity contribution is 7.80. The monoisotopic (exact) mass is 270 g/mol. The van der Waals surface area contributed by atoms with E-state index in [0.717, 1.165) is 5.69 Å². The highest BCUT2D eigenvalue weighted by atomic mass is 32.1. The third-order valence-corrected chi connectivity index (χ3v) is 3.26. The molecule has 0 amide bonds. The van der Waals surface area contributed by atoms with E-state index < -0.39 is 0 Å². The van der Waals surface area contributed by atoms with Gasteiger partial charge in [0, 0.05) is 5.69 Å². The van der Waals surface area contributed by atoms with Gasteiger partial charge in [-0.15, -0.1) is 0 Å². The maximum Gasteiger partial charge on any atom is 0.171 e. The zero-order valence-electron chi connectivity index (χ0n) is 11.2. The van der Waals surface area contributed by atoms with Gasteiger partial charge in [-0.1, -0.05) is 48.5 Å². The van der Waals surface area contributed by atoms with Crippen LogP contribution in [0.5, 0.6) is 0 Å². The van der Waals surface area contributed by atoms with Crippen LogP contribution < -0.4 is 10.6 Å². The molecule has 0 spiro atoms. The Hall–Kier alpha value is -1.87. The number of para-hydroxylation sites is 1. The maximum absolute atomic E-state index is 5.35. The molecule has 0 radical (unpaired) electrons. The van der Waals surface area contributed by atoms with E-state index in [1.54, 1.807) is 0 Å². The van der Waals surface area contributed by atoms with Crippen LogP contribution in [-0.4, -0.2) is 5.11 Å². The molecule has 2 aromatic rings. The van der Waals surface area contributed by atoms with Crippen molar-refractivity contribution in [1.29, 1.82) is 0 Å². The van der Waals surface area contributed by atoms with Gasteiger partial charge in [0.2, 0.25) is 0 Å². The third-order valence-electron chi connectivity index (χ3n) is 3.04. The van der Waals surface area contributed by atoms with Crippen molar-refractivity contribution in [3.05, 3.63) is 65.7 Å². The number of rotatable bonds is 3. The summed E-state index contributed by atoms with van der Waals surface area (Å²) < 4.78 is 0. The van der Waals surface area contributed by atoms with Crippen molar-refractivity contribution in [3.8, 4) is 0 Å². The fourth-order valence-corrected chi connectivity index (χ4v) is 2.18. The minimum atomic E-state index is 0.185. The molecule has 19 heavy (non-hydrogen) atoms. The Labute approximate surface area is 119 Å². The molecule has 0 fully saturated rings. The van der Waals surface area contributed by atoms with Crippen molar-refractivity contribution >= 4 is 23.0 Å². The number of hydrogen-bond acceptors (Lipinski definition) is 1. The Morgan fingerprint density at radius 3 is 2.32 bits per heavy atom. The van der Waals surface area contributed by atoms with E-state index in [4.69, 9.17) is 12.2 Å². The van der Waals surface area contributed by atoms with Crippen molar-refractivity contribution in [1.82, 2.24) is 5.32 Å². The van der Waals surface area contributed by atoms with Crippen molar-refractivity contribution < 1.29 is 0 Å². The molecule has 0 saturated carbocycles. The van der Waals surface area contributed by atoms with E-state index in [-0.39, 0.29) is 6.04 Å². The zero-order chi connectivity index (χ0) is 13.7. The lowest BCUT2D eigenvalue weighted by Gasteiger charge is -2.18. The summed E-state index contributed by atoms with van der Waals surface area (Å²) >= 11 is 5.35. The third kappa shape index (κ3) is 3.80. The molecule has 0 bridgehead atoms. The quantitative estimate of drug-likeness (QED) is 0.823. The lowest BCUT2D eigenvalue weighted by molar-refractivity contribution is 0.722. The molecule has 0 saturated heterocycles. The van der Waals surface area contributed by atoms with Crippen LogP contribution in [0.25, 0.3) is 0 Å². The second-order valence-electron chi connectivity index (χ2n) is 4.55. The van der Waals surface area contributed by atoms with Crippen LogP contribution in [0.2, 0.25) is 0 Å². The normalized spacial score (nSPS) is 11.7. The predicted molar refractivity (Wildman–Crippen MR) is 85.4 cm³/mol. The number of anilines is 1. The van der Waals surface area contributed by atoms with Gasteiger partial charge in [-0.05, 0) is 43.3 Å². The molecule has 2 rings (SSSR count). The smallest absolute Gasteiger partial charge is 0.171 e. The van der Waals surface area contributed by atoms with Crippen LogP contribution in [0.4, 0.5) is 5.69 Å². The Morgan fingerprint density at radius 2 is 1.63 bits per heavy atom. The Bertz CT molecular complexity index is 552. The van der Waals surface area contributed by atoms with E-state index in [2.05, 4.69) is 42.7 Å². The summed E-state index contributed by atoms with van der Waals surface area (Å²) in [6, 6.07) is 18.5. The molecule has 0 unspecified atom stereocenters. The van der Waals surface area contributed by atoms with Gasteiger partial charge in [-0.2, -0.15) is 0 Å². The molecule has 1 atom stereocenters. The highest BCUT2D eigenvalue weighted by Gasteiger charge is 2.06.